The summed E-state index contributed by atoms with van der Waals surface area (Å²) in [6, 6.07) is 1.01. The summed E-state index contributed by atoms with van der Waals surface area (Å²) in [6.45, 7) is 0.901. The Morgan fingerprint density at radius 3 is 2.72 bits per heavy atom. The number of halogens is 3. The molecule has 1 saturated heterocycles. The lowest BCUT2D eigenvalue weighted by molar-refractivity contribution is -0.136. The fourth-order valence-corrected chi connectivity index (χ4v) is 3.52. The second kappa shape index (κ2) is 5.91. The van der Waals surface area contributed by atoms with Crippen LogP contribution in [0, 0.1) is 4.77 Å². The lowest BCUT2D eigenvalue weighted by Gasteiger charge is -2.18. The zero-order valence-electron chi connectivity index (χ0n) is 13.2. The SMILES string of the molecule is O=c1[nH]c(=S)n(CC2CCCO2)c2nc(C3CC3)cc(C(F)(F)F)c12. The van der Waals surface area contributed by atoms with E-state index in [4.69, 9.17) is 17.0 Å². The summed E-state index contributed by atoms with van der Waals surface area (Å²) in [4.78, 5) is 19.0. The number of nitrogens with zero attached hydrogens (tertiary/aromatic N) is 2. The van der Waals surface area contributed by atoms with Crippen molar-refractivity contribution in [2.24, 2.45) is 0 Å². The minimum Gasteiger partial charge on any atom is -0.376 e. The number of nitrogens with one attached hydrogen (secondary N) is 1. The van der Waals surface area contributed by atoms with Gasteiger partial charge in [-0.1, -0.05) is 0 Å². The van der Waals surface area contributed by atoms with Gasteiger partial charge in [0.2, 0.25) is 0 Å². The maximum Gasteiger partial charge on any atom is 0.417 e. The van der Waals surface area contributed by atoms with Gasteiger partial charge in [-0.05, 0) is 44.0 Å². The molecule has 1 unspecified atom stereocenters. The molecule has 4 rings (SSSR count). The minimum absolute atomic E-state index is 0.000903. The lowest BCUT2D eigenvalue weighted by Crippen LogP contribution is -2.24. The second-order valence-electron chi connectivity index (χ2n) is 6.57. The van der Waals surface area contributed by atoms with Gasteiger partial charge in [0.25, 0.3) is 5.56 Å². The van der Waals surface area contributed by atoms with E-state index < -0.39 is 22.7 Å². The van der Waals surface area contributed by atoms with Gasteiger partial charge in [0.1, 0.15) is 5.65 Å². The molecule has 2 aliphatic rings. The Bertz CT molecular complexity index is 941. The van der Waals surface area contributed by atoms with Gasteiger partial charge in [0.05, 0.1) is 23.6 Å². The van der Waals surface area contributed by atoms with Gasteiger partial charge in [-0.15, -0.1) is 0 Å². The predicted octanol–water partition coefficient (Wildman–Crippen LogP) is 3.53. The fourth-order valence-electron chi connectivity index (χ4n) is 3.27. The number of ether oxygens (including phenoxy) is 1. The summed E-state index contributed by atoms with van der Waals surface area (Å²) < 4.78 is 47.8. The van der Waals surface area contributed by atoms with E-state index in [0.29, 0.717) is 12.3 Å². The van der Waals surface area contributed by atoms with Crippen molar-refractivity contribution in [1.29, 1.82) is 0 Å². The highest BCUT2D eigenvalue weighted by Gasteiger charge is 2.37. The van der Waals surface area contributed by atoms with E-state index in [1.165, 1.54) is 4.57 Å². The molecule has 1 aliphatic heterocycles. The molecule has 0 spiro atoms. The first-order chi connectivity index (χ1) is 11.8. The average molecular weight is 371 g/mol. The highest BCUT2D eigenvalue weighted by atomic mass is 32.1. The van der Waals surface area contributed by atoms with Crippen LogP contribution in [-0.4, -0.2) is 27.2 Å². The van der Waals surface area contributed by atoms with E-state index in [9.17, 15) is 18.0 Å². The van der Waals surface area contributed by atoms with Gasteiger partial charge in [0, 0.05) is 18.2 Å². The zero-order valence-corrected chi connectivity index (χ0v) is 14.0. The Hall–Kier alpha value is -1.74. The predicted molar refractivity (Wildman–Crippen MR) is 87.1 cm³/mol. The van der Waals surface area contributed by atoms with Crippen LogP contribution in [0.1, 0.15) is 42.9 Å². The summed E-state index contributed by atoms with van der Waals surface area (Å²) in [5, 5.41) is -0.455. The first kappa shape index (κ1) is 16.7. The molecule has 1 saturated carbocycles. The lowest BCUT2D eigenvalue weighted by atomic mass is 10.1. The summed E-state index contributed by atoms with van der Waals surface area (Å²) in [7, 11) is 0. The quantitative estimate of drug-likeness (QED) is 0.839. The topological polar surface area (TPSA) is 59.9 Å². The van der Waals surface area contributed by atoms with Gasteiger partial charge < -0.3 is 4.74 Å². The third kappa shape index (κ3) is 3.10. The number of pyridine rings is 1. The zero-order chi connectivity index (χ0) is 17.8. The highest BCUT2D eigenvalue weighted by Crippen LogP contribution is 2.42. The van der Waals surface area contributed by atoms with Gasteiger partial charge in [-0.2, -0.15) is 13.2 Å². The van der Waals surface area contributed by atoms with Crippen molar-refractivity contribution in [2.45, 2.75) is 50.4 Å². The Kier molecular flexibility index (Phi) is 3.95. The summed E-state index contributed by atoms with van der Waals surface area (Å²) in [5.74, 6) is 0.0227. The second-order valence-corrected chi connectivity index (χ2v) is 6.96. The van der Waals surface area contributed by atoms with Crippen molar-refractivity contribution < 1.29 is 17.9 Å². The van der Waals surface area contributed by atoms with Crippen molar-refractivity contribution >= 4 is 23.3 Å². The molecular formula is C16H16F3N3O2S. The molecule has 25 heavy (non-hydrogen) atoms. The van der Waals surface area contributed by atoms with Crippen LogP contribution in [0.25, 0.3) is 11.0 Å². The maximum atomic E-state index is 13.6. The minimum atomic E-state index is -4.64. The summed E-state index contributed by atoms with van der Waals surface area (Å²) >= 11 is 5.19. The number of aromatic amines is 1. The fraction of sp³-hybridized carbons (Fsp3) is 0.562. The van der Waals surface area contributed by atoms with Gasteiger partial charge in [0.15, 0.2) is 4.77 Å². The molecule has 0 bridgehead atoms. The van der Waals surface area contributed by atoms with Crippen molar-refractivity contribution in [3.8, 4) is 0 Å². The van der Waals surface area contributed by atoms with E-state index >= 15 is 0 Å². The first-order valence-electron chi connectivity index (χ1n) is 8.21. The molecule has 3 heterocycles. The van der Waals surface area contributed by atoms with E-state index in [1.54, 1.807) is 0 Å². The molecule has 134 valence electrons. The van der Waals surface area contributed by atoms with Crippen LogP contribution in [-0.2, 0) is 17.5 Å². The number of hydrogen-bond donors (Lipinski definition) is 1. The summed E-state index contributed by atoms with van der Waals surface area (Å²) in [5.41, 5.74) is -1.43. The Labute approximate surface area is 145 Å². The largest absolute Gasteiger partial charge is 0.417 e. The van der Waals surface area contributed by atoms with Crippen molar-refractivity contribution in [1.82, 2.24) is 14.5 Å². The van der Waals surface area contributed by atoms with Crippen LogP contribution in [0.15, 0.2) is 10.9 Å². The van der Waals surface area contributed by atoms with Crippen LogP contribution in [0.2, 0.25) is 0 Å². The molecule has 0 radical (unpaired) electrons. The standard InChI is InChI=1S/C16H16F3N3O2S/c17-16(18,19)10-6-11(8-3-4-8)20-13-12(10)14(23)21-15(25)22(13)7-9-2-1-5-24-9/h6,8-9H,1-5,7H2,(H,21,23,25). The molecule has 2 fully saturated rings. The third-order valence-corrected chi connectivity index (χ3v) is 5.00. The first-order valence-corrected chi connectivity index (χ1v) is 8.62. The van der Waals surface area contributed by atoms with Crippen LogP contribution < -0.4 is 5.56 Å². The van der Waals surface area contributed by atoms with Gasteiger partial charge >= 0.3 is 6.18 Å². The number of hydrogen-bond acceptors (Lipinski definition) is 4. The number of rotatable bonds is 3. The molecule has 0 aromatic carbocycles. The van der Waals surface area contributed by atoms with Crippen LogP contribution in [0.5, 0.6) is 0 Å². The Balaban J connectivity index is 1.99. The molecule has 0 amide bonds. The Morgan fingerprint density at radius 1 is 1.36 bits per heavy atom. The molecule has 1 aliphatic carbocycles. The number of aromatic nitrogens is 3. The van der Waals surface area contributed by atoms with E-state index in [2.05, 4.69) is 9.97 Å². The molecule has 2 aromatic heterocycles. The molecule has 1 N–H and O–H groups in total. The molecular weight excluding hydrogens is 355 g/mol. The maximum absolute atomic E-state index is 13.6. The van der Waals surface area contributed by atoms with Gasteiger partial charge in [-0.25, -0.2) is 4.98 Å². The van der Waals surface area contributed by atoms with E-state index in [0.717, 1.165) is 31.7 Å². The smallest absolute Gasteiger partial charge is 0.376 e. The van der Waals surface area contributed by atoms with Gasteiger partial charge in [-0.3, -0.25) is 14.3 Å². The van der Waals surface area contributed by atoms with Crippen LogP contribution >= 0.6 is 12.2 Å². The monoisotopic (exact) mass is 371 g/mol. The van der Waals surface area contributed by atoms with Crippen molar-refractivity contribution in [3.05, 3.63) is 32.4 Å². The molecule has 9 heteroatoms. The highest BCUT2D eigenvalue weighted by molar-refractivity contribution is 7.71. The van der Waals surface area contributed by atoms with Crippen LogP contribution in [0.4, 0.5) is 13.2 Å². The molecule has 1 atom stereocenters. The van der Waals surface area contributed by atoms with Crippen molar-refractivity contribution in [3.63, 3.8) is 0 Å². The average Bonchev–Trinajstić information content (AvgIpc) is 3.26. The van der Waals surface area contributed by atoms with Crippen molar-refractivity contribution in [2.75, 3.05) is 6.61 Å². The van der Waals surface area contributed by atoms with Crippen LogP contribution in [0.3, 0.4) is 0 Å². The molecule has 5 nitrogen and oxygen atoms in total. The number of fused-ring (bicyclic) bond motifs is 1. The van der Waals surface area contributed by atoms with E-state index in [-0.39, 0.29) is 29.0 Å². The third-order valence-electron chi connectivity index (χ3n) is 4.68. The normalized spacial score (nSPS) is 21.2. The Morgan fingerprint density at radius 2 is 2.12 bits per heavy atom. The molecule has 2 aromatic rings. The summed E-state index contributed by atoms with van der Waals surface area (Å²) in [6.07, 6.45) is -1.45. The number of H-pyrrole nitrogens is 1. The van der Waals surface area contributed by atoms with E-state index in [1.807, 2.05) is 0 Å². The number of alkyl halides is 3.